The SMILES string of the molecule is CCCC(CC1CCN(C[C@H]2CN(Cc3ccccc3)CC2c2cccs2)CC1)C(=O)O. The monoisotopic (exact) mass is 454 g/mol. The molecular formula is C27H38N2O2S. The predicted octanol–water partition coefficient (Wildman–Crippen LogP) is 5.57. The Kier molecular flexibility index (Phi) is 8.39. The molecule has 2 aliphatic rings. The Morgan fingerprint density at radius 3 is 2.53 bits per heavy atom. The predicted molar refractivity (Wildman–Crippen MR) is 132 cm³/mol. The first-order valence-electron chi connectivity index (χ1n) is 12.4. The van der Waals surface area contributed by atoms with Crippen molar-refractivity contribution in [1.29, 1.82) is 0 Å². The van der Waals surface area contributed by atoms with Crippen LogP contribution in [0.25, 0.3) is 0 Å². The molecule has 4 nitrogen and oxygen atoms in total. The van der Waals surface area contributed by atoms with Gasteiger partial charge in [-0.2, -0.15) is 0 Å². The van der Waals surface area contributed by atoms with Gasteiger partial charge in [0.25, 0.3) is 0 Å². The maximum absolute atomic E-state index is 11.6. The van der Waals surface area contributed by atoms with Crippen molar-refractivity contribution in [3.63, 3.8) is 0 Å². The van der Waals surface area contributed by atoms with Gasteiger partial charge in [0.1, 0.15) is 0 Å². The van der Waals surface area contributed by atoms with Gasteiger partial charge in [0.15, 0.2) is 0 Å². The molecule has 0 radical (unpaired) electrons. The van der Waals surface area contributed by atoms with Crippen LogP contribution in [0.15, 0.2) is 47.8 Å². The van der Waals surface area contributed by atoms with E-state index in [4.69, 9.17) is 0 Å². The Labute approximate surface area is 197 Å². The Bertz CT molecular complexity index is 817. The van der Waals surface area contributed by atoms with E-state index >= 15 is 0 Å². The second-order valence-corrected chi connectivity index (χ2v) is 10.8. The topological polar surface area (TPSA) is 43.8 Å². The van der Waals surface area contributed by atoms with Gasteiger partial charge in [-0.05, 0) is 67.6 Å². The number of benzene rings is 1. The molecule has 2 unspecified atom stereocenters. The summed E-state index contributed by atoms with van der Waals surface area (Å²) in [6.45, 7) is 8.84. The minimum absolute atomic E-state index is 0.152. The summed E-state index contributed by atoms with van der Waals surface area (Å²) in [7, 11) is 0. The zero-order valence-corrected chi connectivity index (χ0v) is 20.2. The summed E-state index contributed by atoms with van der Waals surface area (Å²) in [5, 5.41) is 11.7. The van der Waals surface area contributed by atoms with Crippen molar-refractivity contribution in [3.8, 4) is 0 Å². The molecule has 2 aliphatic heterocycles. The minimum atomic E-state index is -0.600. The fraction of sp³-hybridized carbons (Fsp3) is 0.593. The van der Waals surface area contributed by atoms with Gasteiger partial charge >= 0.3 is 5.97 Å². The fourth-order valence-electron chi connectivity index (χ4n) is 5.77. The average Bonchev–Trinajstić information content (AvgIpc) is 3.45. The number of carboxylic acid groups (broad SMARTS) is 1. The van der Waals surface area contributed by atoms with Crippen LogP contribution in [-0.2, 0) is 11.3 Å². The van der Waals surface area contributed by atoms with Crippen LogP contribution in [0, 0.1) is 17.8 Å². The van der Waals surface area contributed by atoms with Gasteiger partial charge in [-0.15, -0.1) is 11.3 Å². The zero-order valence-electron chi connectivity index (χ0n) is 19.4. The molecule has 5 heteroatoms. The second kappa shape index (κ2) is 11.4. The third-order valence-electron chi connectivity index (χ3n) is 7.48. The van der Waals surface area contributed by atoms with Gasteiger partial charge in [-0.25, -0.2) is 0 Å². The van der Waals surface area contributed by atoms with Gasteiger partial charge in [-0.1, -0.05) is 49.7 Å². The molecule has 3 atom stereocenters. The zero-order chi connectivity index (χ0) is 22.3. The maximum atomic E-state index is 11.6. The lowest BCUT2D eigenvalue weighted by Crippen LogP contribution is -2.39. The van der Waals surface area contributed by atoms with Crippen LogP contribution in [0.4, 0.5) is 0 Å². The van der Waals surface area contributed by atoms with E-state index in [0.29, 0.717) is 17.8 Å². The summed E-state index contributed by atoms with van der Waals surface area (Å²) < 4.78 is 0. The van der Waals surface area contributed by atoms with Gasteiger partial charge in [0.2, 0.25) is 0 Å². The molecule has 0 amide bonds. The third-order valence-corrected chi connectivity index (χ3v) is 8.48. The van der Waals surface area contributed by atoms with E-state index in [2.05, 4.69) is 64.6 Å². The lowest BCUT2D eigenvalue weighted by Gasteiger charge is -2.35. The van der Waals surface area contributed by atoms with Crippen LogP contribution < -0.4 is 0 Å². The van der Waals surface area contributed by atoms with E-state index in [1.807, 2.05) is 11.3 Å². The molecule has 32 heavy (non-hydrogen) atoms. The normalized spacial score (nSPS) is 24.0. The first-order chi connectivity index (χ1) is 15.6. The molecule has 0 saturated carbocycles. The van der Waals surface area contributed by atoms with Crippen molar-refractivity contribution in [1.82, 2.24) is 9.80 Å². The van der Waals surface area contributed by atoms with Crippen molar-refractivity contribution in [2.45, 2.75) is 51.5 Å². The Hall–Kier alpha value is -1.69. The van der Waals surface area contributed by atoms with Crippen molar-refractivity contribution >= 4 is 17.3 Å². The van der Waals surface area contributed by atoms with Crippen LogP contribution in [-0.4, -0.2) is 53.6 Å². The average molecular weight is 455 g/mol. The van der Waals surface area contributed by atoms with Crippen molar-refractivity contribution in [2.24, 2.45) is 17.8 Å². The highest BCUT2D eigenvalue weighted by molar-refractivity contribution is 7.10. The van der Waals surface area contributed by atoms with Crippen molar-refractivity contribution < 1.29 is 9.90 Å². The first kappa shape index (κ1) is 23.5. The highest BCUT2D eigenvalue weighted by atomic mass is 32.1. The Morgan fingerprint density at radius 1 is 1.09 bits per heavy atom. The summed E-state index contributed by atoms with van der Waals surface area (Å²) >= 11 is 1.91. The van der Waals surface area contributed by atoms with Crippen LogP contribution in [0.5, 0.6) is 0 Å². The number of aliphatic carboxylic acids is 1. The van der Waals surface area contributed by atoms with E-state index in [-0.39, 0.29) is 5.92 Å². The molecule has 1 aromatic carbocycles. The van der Waals surface area contributed by atoms with Crippen molar-refractivity contribution in [2.75, 3.05) is 32.7 Å². The summed E-state index contributed by atoms with van der Waals surface area (Å²) in [5.41, 5.74) is 1.40. The van der Waals surface area contributed by atoms with E-state index < -0.39 is 5.97 Å². The van der Waals surface area contributed by atoms with Crippen molar-refractivity contribution in [3.05, 3.63) is 58.3 Å². The molecule has 3 heterocycles. The molecule has 0 bridgehead atoms. The molecule has 2 fully saturated rings. The number of thiophene rings is 1. The minimum Gasteiger partial charge on any atom is -0.481 e. The highest BCUT2D eigenvalue weighted by Gasteiger charge is 2.36. The Balaban J connectivity index is 1.32. The largest absolute Gasteiger partial charge is 0.481 e. The quantitative estimate of drug-likeness (QED) is 0.510. The third kappa shape index (κ3) is 6.21. The highest BCUT2D eigenvalue weighted by Crippen LogP contribution is 2.37. The van der Waals surface area contributed by atoms with Crippen LogP contribution >= 0.6 is 11.3 Å². The van der Waals surface area contributed by atoms with E-state index in [1.165, 1.54) is 10.4 Å². The molecular weight excluding hydrogens is 416 g/mol. The van der Waals surface area contributed by atoms with Crippen LogP contribution in [0.3, 0.4) is 0 Å². The lowest BCUT2D eigenvalue weighted by molar-refractivity contribution is -0.142. The molecule has 2 saturated heterocycles. The van der Waals surface area contributed by atoms with Gasteiger partial charge in [0, 0.05) is 37.0 Å². The number of hydrogen-bond acceptors (Lipinski definition) is 4. The molecule has 1 N–H and O–H groups in total. The van der Waals surface area contributed by atoms with E-state index in [9.17, 15) is 9.90 Å². The number of carboxylic acids is 1. The van der Waals surface area contributed by atoms with Gasteiger partial charge in [0.05, 0.1) is 5.92 Å². The number of likely N-dealkylation sites (tertiary alicyclic amines) is 2. The smallest absolute Gasteiger partial charge is 0.306 e. The number of piperidine rings is 1. The van der Waals surface area contributed by atoms with E-state index in [1.54, 1.807) is 0 Å². The molecule has 174 valence electrons. The number of carbonyl (C=O) groups is 1. The summed E-state index contributed by atoms with van der Waals surface area (Å²) in [6.07, 6.45) is 4.94. The fourth-order valence-corrected chi connectivity index (χ4v) is 6.68. The standard InChI is InChI=1S/C27H38N2O2S/c1-2-7-23(27(30)31)16-21-11-13-28(14-12-21)18-24-19-29(17-22-8-4-3-5-9-22)20-25(24)26-10-6-15-32-26/h3-6,8-10,15,21,23-25H,2,7,11-14,16-20H2,1H3,(H,30,31)/t23?,24-,25?/m0/s1. The molecule has 0 spiro atoms. The summed E-state index contributed by atoms with van der Waals surface area (Å²) in [6, 6.07) is 15.4. The number of nitrogens with zero attached hydrogens (tertiary/aromatic N) is 2. The Morgan fingerprint density at radius 2 is 1.88 bits per heavy atom. The molecule has 1 aromatic heterocycles. The van der Waals surface area contributed by atoms with E-state index in [0.717, 1.165) is 71.4 Å². The molecule has 0 aliphatic carbocycles. The van der Waals surface area contributed by atoms with Gasteiger partial charge < -0.3 is 10.0 Å². The number of rotatable bonds is 10. The summed E-state index contributed by atoms with van der Waals surface area (Å²) in [4.78, 5) is 18.4. The molecule has 4 rings (SSSR count). The van der Waals surface area contributed by atoms with Crippen LogP contribution in [0.2, 0.25) is 0 Å². The first-order valence-corrected chi connectivity index (χ1v) is 13.2. The van der Waals surface area contributed by atoms with Crippen LogP contribution in [0.1, 0.15) is 55.4 Å². The maximum Gasteiger partial charge on any atom is 0.306 e. The summed E-state index contributed by atoms with van der Waals surface area (Å²) in [5.74, 6) is 1.11. The number of hydrogen-bond donors (Lipinski definition) is 1. The molecule has 2 aromatic rings. The lowest BCUT2D eigenvalue weighted by atomic mass is 9.84. The second-order valence-electron chi connectivity index (χ2n) is 9.87. The van der Waals surface area contributed by atoms with Gasteiger partial charge in [-0.3, -0.25) is 9.69 Å².